The van der Waals surface area contributed by atoms with Gasteiger partial charge in [-0.15, -0.1) is 0 Å². The number of carbonyl (C=O) groups excluding carboxylic acids is 2. The van der Waals surface area contributed by atoms with Crippen LogP contribution >= 0.6 is 0 Å². The highest BCUT2D eigenvalue weighted by molar-refractivity contribution is 6.07. The van der Waals surface area contributed by atoms with Gasteiger partial charge < -0.3 is 15.5 Å². The van der Waals surface area contributed by atoms with Crippen molar-refractivity contribution in [1.82, 2.24) is 4.90 Å². The molecule has 0 aliphatic carbocycles. The maximum absolute atomic E-state index is 13.0. The summed E-state index contributed by atoms with van der Waals surface area (Å²) in [7, 11) is 1.80. The lowest BCUT2D eigenvalue weighted by atomic mass is 9.99. The molecule has 0 saturated heterocycles. The Hall–Kier alpha value is -2.82. The van der Waals surface area contributed by atoms with Crippen LogP contribution in [0.3, 0.4) is 0 Å². The van der Waals surface area contributed by atoms with Crippen LogP contribution in [-0.2, 0) is 17.8 Å². The molecule has 1 aliphatic heterocycles. The molecule has 0 spiro atoms. The van der Waals surface area contributed by atoms with Crippen LogP contribution in [0.2, 0.25) is 0 Å². The van der Waals surface area contributed by atoms with E-state index in [0.717, 1.165) is 35.3 Å². The van der Waals surface area contributed by atoms with E-state index in [4.69, 9.17) is 5.73 Å². The number of benzene rings is 2. The Labute approximate surface area is 160 Å². The Morgan fingerprint density at radius 1 is 1.15 bits per heavy atom. The fourth-order valence-electron chi connectivity index (χ4n) is 3.56. The molecule has 0 aromatic heterocycles. The lowest BCUT2D eigenvalue weighted by Gasteiger charge is -2.30. The number of nitrogens with two attached hydrogens (primary N) is 1. The van der Waals surface area contributed by atoms with E-state index >= 15 is 0 Å². The lowest BCUT2D eigenvalue weighted by Crippen LogP contribution is -2.35. The van der Waals surface area contributed by atoms with Gasteiger partial charge in [0.2, 0.25) is 5.91 Å². The van der Waals surface area contributed by atoms with E-state index in [1.54, 1.807) is 11.9 Å². The molecule has 0 fully saturated rings. The van der Waals surface area contributed by atoms with E-state index in [0.29, 0.717) is 18.7 Å². The van der Waals surface area contributed by atoms with Crippen LogP contribution in [0.25, 0.3) is 0 Å². The van der Waals surface area contributed by atoms with Crippen molar-refractivity contribution in [3.8, 4) is 0 Å². The molecule has 1 heterocycles. The molecular formula is C22H27N3O2. The van der Waals surface area contributed by atoms with Gasteiger partial charge in [-0.25, -0.2) is 0 Å². The summed E-state index contributed by atoms with van der Waals surface area (Å²) in [6.45, 7) is 5.02. The Morgan fingerprint density at radius 3 is 2.52 bits per heavy atom. The van der Waals surface area contributed by atoms with E-state index in [2.05, 4.69) is 0 Å². The van der Waals surface area contributed by atoms with Gasteiger partial charge in [-0.1, -0.05) is 32.0 Å². The summed E-state index contributed by atoms with van der Waals surface area (Å²) in [5.74, 6) is 0.0693. The normalized spacial score (nSPS) is 13.4. The number of amides is 2. The summed E-state index contributed by atoms with van der Waals surface area (Å²) >= 11 is 0. The van der Waals surface area contributed by atoms with Gasteiger partial charge in [-0.3, -0.25) is 9.59 Å². The summed E-state index contributed by atoms with van der Waals surface area (Å²) < 4.78 is 0. The maximum Gasteiger partial charge on any atom is 0.258 e. The molecule has 2 aromatic carbocycles. The van der Waals surface area contributed by atoms with Crippen molar-refractivity contribution in [1.29, 1.82) is 0 Å². The third-order valence-electron chi connectivity index (χ3n) is 5.02. The third-order valence-corrected chi connectivity index (χ3v) is 5.02. The minimum absolute atomic E-state index is 0.0142. The molecule has 1 aliphatic rings. The predicted octanol–water partition coefficient (Wildman–Crippen LogP) is 3.48. The first kappa shape index (κ1) is 19.0. The van der Waals surface area contributed by atoms with Crippen molar-refractivity contribution in [2.24, 2.45) is 5.92 Å². The number of anilines is 2. The van der Waals surface area contributed by atoms with Gasteiger partial charge in [-0.05, 0) is 48.2 Å². The molecule has 142 valence electrons. The van der Waals surface area contributed by atoms with E-state index in [-0.39, 0.29) is 17.7 Å². The zero-order valence-electron chi connectivity index (χ0n) is 16.2. The number of fused-ring (bicyclic) bond motifs is 1. The predicted molar refractivity (Wildman–Crippen MR) is 109 cm³/mol. The SMILES string of the molecule is CC(C)C(=O)N(C)Cc1ccc(C(=O)N2CCCc3c(N)cccc32)cc1. The van der Waals surface area contributed by atoms with E-state index < -0.39 is 0 Å². The van der Waals surface area contributed by atoms with Gasteiger partial charge in [0.15, 0.2) is 0 Å². The summed E-state index contributed by atoms with van der Waals surface area (Å²) in [6, 6.07) is 13.3. The average molecular weight is 365 g/mol. The second-order valence-electron chi connectivity index (χ2n) is 7.45. The number of nitrogen functional groups attached to an aromatic ring is 1. The molecule has 0 bridgehead atoms. The minimum Gasteiger partial charge on any atom is -0.398 e. The minimum atomic E-state index is -0.0255. The number of hydrogen-bond donors (Lipinski definition) is 1. The quantitative estimate of drug-likeness (QED) is 0.844. The van der Waals surface area contributed by atoms with Crippen LogP contribution in [0.4, 0.5) is 11.4 Å². The first-order valence-electron chi connectivity index (χ1n) is 9.41. The molecule has 2 N–H and O–H groups in total. The van der Waals surface area contributed by atoms with Crippen molar-refractivity contribution in [2.45, 2.75) is 33.2 Å². The van der Waals surface area contributed by atoms with Crippen LogP contribution in [0.15, 0.2) is 42.5 Å². The van der Waals surface area contributed by atoms with Crippen LogP contribution in [0.1, 0.15) is 41.8 Å². The van der Waals surface area contributed by atoms with Crippen LogP contribution in [0.5, 0.6) is 0 Å². The van der Waals surface area contributed by atoms with Crippen molar-refractivity contribution >= 4 is 23.2 Å². The maximum atomic E-state index is 13.0. The number of hydrogen-bond acceptors (Lipinski definition) is 3. The lowest BCUT2D eigenvalue weighted by molar-refractivity contribution is -0.133. The number of rotatable bonds is 4. The van der Waals surface area contributed by atoms with Gasteiger partial charge in [-0.2, -0.15) is 0 Å². The molecule has 2 amide bonds. The Kier molecular flexibility index (Phi) is 5.49. The summed E-state index contributed by atoms with van der Waals surface area (Å²) in [6.07, 6.45) is 1.81. The summed E-state index contributed by atoms with van der Waals surface area (Å²) in [5.41, 5.74) is 10.5. The smallest absolute Gasteiger partial charge is 0.258 e. The van der Waals surface area contributed by atoms with Crippen molar-refractivity contribution in [2.75, 3.05) is 24.2 Å². The van der Waals surface area contributed by atoms with Gasteiger partial charge >= 0.3 is 0 Å². The van der Waals surface area contributed by atoms with E-state index in [9.17, 15) is 9.59 Å². The standard InChI is InChI=1S/C22H27N3O2/c1-15(2)21(26)24(3)14-16-9-11-17(12-10-16)22(27)25-13-5-6-18-19(23)7-4-8-20(18)25/h4,7-12,15H,5-6,13-14,23H2,1-3H3. The fourth-order valence-corrected chi connectivity index (χ4v) is 3.56. The monoisotopic (exact) mass is 365 g/mol. The zero-order valence-corrected chi connectivity index (χ0v) is 16.2. The Bertz CT molecular complexity index is 843. The highest BCUT2D eigenvalue weighted by Crippen LogP contribution is 2.32. The van der Waals surface area contributed by atoms with Crippen LogP contribution in [0, 0.1) is 5.92 Å². The average Bonchev–Trinajstić information content (AvgIpc) is 2.67. The number of carbonyl (C=O) groups is 2. The fraction of sp³-hybridized carbons (Fsp3) is 0.364. The highest BCUT2D eigenvalue weighted by atomic mass is 16.2. The summed E-state index contributed by atoms with van der Waals surface area (Å²) in [4.78, 5) is 28.6. The van der Waals surface area contributed by atoms with Crippen LogP contribution < -0.4 is 10.6 Å². The molecule has 0 radical (unpaired) electrons. The van der Waals surface area contributed by atoms with Gasteiger partial charge in [0.1, 0.15) is 0 Å². The van der Waals surface area contributed by atoms with Gasteiger partial charge in [0.05, 0.1) is 0 Å². The second-order valence-corrected chi connectivity index (χ2v) is 7.45. The van der Waals surface area contributed by atoms with E-state index in [1.807, 2.05) is 61.2 Å². The molecule has 3 rings (SSSR count). The third kappa shape index (κ3) is 3.97. The molecule has 27 heavy (non-hydrogen) atoms. The first-order valence-corrected chi connectivity index (χ1v) is 9.41. The molecule has 2 aromatic rings. The molecule has 5 nitrogen and oxygen atoms in total. The molecule has 0 saturated carbocycles. The molecule has 0 atom stereocenters. The van der Waals surface area contributed by atoms with Crippen molar-refractivity contribution in [3.05, 3.63) is 59.2 Å². The van der Waals surface area contributed by atoms with E-state index in [1.165, 1.54) is 0 Å². The number of nitrogens with zero attached hydrogens (tertiary/aromatic N) is 2. The van der Waals surface area contributed by atoms with Gasteiger partial charge in [0, 0.05) is 43.0 Å². The molecular weight excluding hydrogens is 338 g/mol. The van der Waals surface area contributed by atoms with Crippen molar-refractivity contribution < 1.29 is 9.59 Å². The molecule has 5 heteroatoms. The first-order chi connectivity index (χ1) is 12.9. The van der Waals surface area contributed by atoms with Crippen LogP contribution in [-0.4, -0.2) is 30.3 Å². The summed E-state index contributed by atoms with van der Waals surface area (Å²) in [5, 5.41) is 0. The second kappa shape index (κ2) is 7.82. The van der Waals surface area contributed by atoms with Gasteiger partial charge in [0.25, 0.3) is 5.91 Å². The Balaban J connectivity index is 1.76. The van der Waals surface area contributed by atoms with Crippen molar-refractivity contribution in [3.63, 3.8) is 0 Å². The molecule has 0 unspecified atom stereocenters. The Morgan fingerprint density at radius 2 is 1.85 bits per heavy atom. The zero-order chi connectivity index (χ0) is 19.6. The topological polar surface area (TPSA) is 66.6 Å². The highest BCUT2D eigenvalue weighted by Gasteiger charge is 2.24. The largest absolute Gasteiger partial charge is 0.398 e.